The quantitative estimate of drug-likeness (QED) is 0.651. The molecule has 0 unspecified atom stereocenters. The third-order valence-corrected chi connectivity index (χ3v) is 9.25. The lowest BCUT2D eigenvalue weighted by Crippen LogP contribution is -2.67. The minimum Gasteiger partial charge on any atom is -0.506 e. The molecule has 0 heterocycles. The Morgan fingerprint density at radius 1 is 0.923 bits per heavy atom. The maximum Gasteiger partial charge on any atom is 0.331 e. The van der Waals surface area contributed by atoms with E-state index in [1.54, 1.807) is 0 Å². The Kier molecular flexibility index (Phi) is 5.82. The van der Waals surface area contributed by atoms with Gasteiger partial charge in [0, 0.05) is 11.6 Å². The summed E-state index contributed by atoms with van der Waals surface area (Å²) in [5.41, 5.74) is -0.0482. The van der Waals surface area contributed by atoms with E-state index >= 15 is 0 Å². The third-order valence-electron chi connectivity index (χ3n) is 4.34. The van der Waals surface area contributed by atoms with Crippen molar-refractivity contribution in [2.45, 2.75) is 32.7 Å². The molecule has 0 aliphatic carbocycles. The molecular weight excluding hydrogens is 344 g/mol. The fourth-order valence-corrected chi connectivity index (χ4v) is 7.36. The molecule has 0 saturated carbocycles. The molecule has 5 heteroatoms. The number of carboxylic acids is 1. The average Bonchev–Trinajstić information content (AvgIpc) is 2.60. The first-order valence-electron chi connectivity index (χ1n) is 8.44. The zero-order valence-electron chi connectivity index (χ0n) is 15.5. The molecule has 2 aromatic carbocycles. The first-order valence-corrected chi connectivity index (χ1v) is 10.3. The summed E-state index contributed by atoms with van der Waals surface area (Å²) in [6, 6.07) is 19.5. The van der Waals surface area contributed by atoms with Gasteiger partial charge in [0.2, 0.25) is 0 Å². The van der Waals surface area contributed by atoms with Gasteiger partial charge in [-0.05, 0) is 22.3 Å². The van der Waals surface area contributed by atoms with Gasteiger partial charge in [-0.2, -0.15) is 0 Å². The van der Waals surface area contributed by atoms with Crippen molar-refractivity contribution in [3.05, 3.63) is 72.3 Å². The lowest BCUT2D eigenvalue weighted by atomic mass is 10.2. The van der Waals surface area contributed by atoms with Crippen LogP contribution in [0, 0.1) is 0 Å². The van der Waals surface area contributed by atoms with E-state index in [0.717, 1.165) is 16.4 Å². The van der Waals surface area contributed by atoms with E-state index in [-0.39, 0.29) is 10.6 Å². The van der Waals surface area contributed by atoms with Crippen LogP contribution in [0.25, 0.3) is 0 Å². The molecule has 136 valence electrons. The van der Waals surface area contributed by atoms with Crippen LogP contribution in [0.4, 0.5) is 0 Å². The Morgan fingerprint density at radius 2 is 1.35 bits per heavy atom. The summed E-state index contributed by atoms with van der Waals surface area (Å²) in [4.78, 5) is 23.7. The van der Waals surface area contributed by atoms with Crippen molar-refractivity contribution in [2.24, 2.45) is 0 Å². The largest absolute Gasteiger partial charge is 0.506 e. The van der Waals surface area contributed by atoms with E-state index in [9.17, 15) is 9.59 Å². The molecular formula is C21H24O4Si. The van der Waals surface area contributed by atoms with Crippen LogP contribution in [0.3, 0.4) is 0 Å². The molecule has 0 spiro atoms. The van der Waals surface area contributed by atoms with Crippen molar-refractivity contribution in [1.82, 2.24) is 0 Å². The number of carbonyl (C=O) groups is 2. The summed E-state index contributed by atoms with van der Waals surface area (Å²) in [6.07, 6.45) is 1.06. The lowest BCUT2D eigenvalue weighted by molar-refractivity contribution is -0.134. The second kappa shape index (κ2) is 7.70. The third kappa shape index (κ3) is 3.94. The molecule has 0 aliphatic rings. The predicted octanol–water partition coefficient (Wildman–Crippen LogP) is 3.12. The van der Waals surface area contributed by atoms with Crippen LogP contribution in [-0.4, -0.2) is 25.4 Å². The minimum atomic E-state index is -3.00. The maximum absolute atomic E-state index is 12.6. The minimum absolute atomic E-state index is 0.0482. The zero-order chi connectivity index (χ0) is 19.4. The lowest BCUT2D eigenvalue weighted by Gasteiger charge is -2.41. The summed E-state index contributed by atoms with van der Waals surface area (Å²) in [5, 5.41) is 10.6. The fourth-order valence-electron chi connectivity index (χ4n) is 3.07. The van der Waals surface area contributed by atoms with Gasteiger partial charge >= 0.3 is 20.3 Å². The highest BCUT2D eigenvalue weighted by atomic mass is 28.4. The summed E-state index contributed by atoms with van der Waals surface area (Å²) in [7, 11) is -3.00. The highest BCUT2D eigenvalue weighted by Gasteiger charge is 2.52. The number of hydrogen-bond donors (Lipinski definition) is 1. The molecule has 2 aromatic rings. The standard InChI is InChI=1S/C21H24O4Si/c1-16(20(23)24)15-19(22)25-26(21(2,3)4,17-11-7-5-8-12-17)18-13-9-6-10-14-18/h5-15H,1-4H3,(H,23,24)/b16-15-. The van der Waals surface area contributed by atoms with E-state index in [4.69, 9.17) is 9.53 Å². The van der Waals surface area contributed by atoms with Crippen molar-refractivity contribution in [2.75, 3.05) is 0 Å². The summed E-state index contributed by atoms with van der Waals surface area (Å²) in [6.45, 7) is 7.55. The molecule has 1 N–H and O–H groups in total. The predicted molar refractivity (Wildman–Crippen MR) is 105 cm³/mol. The van der Waals surface area contributed by atoms with Crippen LogP contribution in [0.2, 0.25) is 5.04 Å². The van der Waals surface area contributed by atoms with Crippen LogP contribution >= 0.6 is 0 Å². The first-order chi connectivity index (χ1) is 12.2. The Hall–Kier alpha value is -2.66. The van der Waals surface area contributed by atoms with E-state index in [1.165, 1.54) is 6.92 Å². The normalized spacial score (nSPS) is 12.5. The van der Waals surface area contributed by atoms with Gasteiger partial charge in [0.15, 0.2) is 0 Å². The van der Waals surface area contributed by atoms with Gasteiger partial charge in [0.1, 0.15) is 0 Å². The summed E-state index contributed by atoms with van der Waals surface area (Å²) >= 11 is 0. The number of benzene rings is 2. The molecule has 4 nitrogen and oxygen atoms in total. The van der Waals surface area contributed by atoms with E-state index in [2.05, 4.69) is 20.8 Å². The summed E-state index contributed by atoms with van der Waals surface area (Å²) in [5.74, 6) is -1.76. The molecule has 0 fully saturated rings. The fraction of sp³-hybridized carbons (Fsp3) is 0.238. The van der Waals surface area contributed by atoms with Crippen LogP contribution in [0.5, 0.6) is 0 Å². The molecule has 0 atom stereocenters. The second-order valence-corrected chi connectivity index (χ2v) is 11.4. The molecule has 2 rings (SSSR count). The monoisotopic (exact) mass is 368 g/mol. The molecule has 0 saturated heterocycles. The number of carbonyl (C=O) groups excluding carboxylic acids is 1. The van der Waals surface area contributed by atoms with Crippen LogP contribution in [-0.2, 0) is 14.0 Å². The zero-order valence-corrected chi connectivity index (χ0v) is 16.5. The molecule has 0 aromatic heterocycles. The molecule has 0 amide bonds. The van der Waals surface area contributed by atoms with Crippen LogP contribution in [0.15, 0.2) is 72.3 Å². The van der Waals surface area contributed by atoms with E-state index in [0.29, 0.717) is 0 Å². The van der Waals surface area contributed by atoms with Crippen molar-refractivity contribution >= 4 is 30.6 Å². The highest BCUT2D eigenvalue weighted by molar-refractivity contribution is 7.00. The van der Waals surface area contributed by atoms with Crippen molar-refractivity contribution in [3.8, 4) is 0 Å². The van der Waals surface area contributed by atoms with Gasteiger partial charge in [-0.15, -0.1) is 0 Å². The van der Waals surface area contributed by atoms with Gasteiger partial charge < -0.3 is 9.53 Å². The number of hydrogen-bond acceptors (Lipinski definition) is 3. The topological polar surface area (TPSA) is 63.6 Å². The highest BCUT2D eigenvalue weighted by Crippen LogP contribution is 2.36. The van der Waals surface area contributed by atoms with Crippen molar-refractivity contribution < 1.29 is 19.1 Å². The molecule has 0 bridgehead atoms. The van der Waals surface area contributed by atoms with Gasteiger partial charge in [0.05, 0.1) is 0 Å². The Balaban J connectivity index is 2.67. The van der Waals surface area contributed by atoms with E-state index in [1.807, 2.05) is 60.7 Å². The second-order valence-electron chi connectivity index (χ2n) is 7.22. The van der Waals surface area contributed by atoms with Gasteiger partial charge in [-0.25, -0.2) is 9.59 Å². The van der Waals surface area contributed by atoms with Crippen molar-refractivity contribution in [1.29, 1.82) is 0 Å². The Bertz CT molecular complexity index is 765. The summed E-state index contributed by atoms with van der Waals surface area (Å²) < 4.78 is 6.16. The van der Waals surface area contributed by atoms with Crippen LogP contribution in [0.1, 0.15) is 27.7 Å². The molecule has 0 aliphatic heterocycles. The maximum atomic E-state index is 12.6. The number of carboxylic acid groups (broad SMARTS) is 1. The first kappa shape index (κ1) is 19.7. The molecule has 26 heavy (non-hydrogen) atoms. The number of aliphatic carboxylic acids is 1. The number of rotatable bonds is 5. The van der Waals surface area contributed by atoms with Gasteiger partial charge in [-0.1, -0.05) is 81.4 Å². The smallest absolute Gasteiger partial charge is 0.331 e. The van der Waals surface area contributed by atoms with E-state index < -0.39 is 20.3 Å². The van der Waals surface area contributed by atoms with Gasteiger partial charge in [0.25, 0.3) is 0 Å². The van der Waals surface area contributed by atoms with Crippen molar-refractivity contribution in [3.63, 3.8) is 0 Å². The van der Waals surface area contributed by atoms with Gasteiger partial charge in [-0.3, -0.25) is 0 Å². The van der Waals surface area contributed by atoms with Crippen LogP contribution < -0.4 is 10.4 Å². The Morgan fingerprint density at radius 3 is 1.69 bits per heavy atom. The average molecular weight is 369 g/mol. The Labute approximate surface area is 155 Å². The molecule has 0 radical (unpaired) electrons. The SMILES string of the molecule is C/C(=C/C(=O)O[Si](c1ccccc1)(c1ccccc1)C(C)(C)C)C(=O)O.